The molecular weight excluding hydrogens is 548 g/mol. The van der Waals surface area contributed by atoms with Crippen molar-refractivity contribution >= 4 is 22.6 Å². The molecule has 4 heterocycles. The highest BCUT2D eigenvalue weighted by Gasteiger charge is 2.23. The molecule has 1 aliphatic heterocycles. The molecule has 2 N–H and O–H groups in total. The fourth-order valence-corrected chi connectivity index (χ4v) is 4.77. The van der Waals surface area contributed by atoms with Crippen LogP contribution in [0.25, 0.3) is 16.7 Å². The molecule has 1 aliphatic rings. The Morgan fingerprint density at radius 1 is 1.07 bits per heavy atom. The van der Waals surface area contributed by atoms with Crippen LogP contribution in [0.15, 0.2) is 71.8 Å². The number of ether oxygens (including phenoxy) is 2. The molecule has 1 amide bonds. The van der Waals surface area contributed by atoms with E-state index in [1.165, 1.54) is 54.9 Å². The zero-order valence-electron chi connectivity index (χ0n) is 22.4. The van der Waals surface area contributed by atoms with Crippen LogP contribution in [-0.4, -0.2) is 62.0 Å². The molecule has 5 aromatic rings. The van der Waals surface area contributed by atoms with Gasteiger partial charge in [-0.3, -0.25) is 14.7 Å². The van der Waals surface area contributed by atoms with Crippen LogP contribution in [-0.2, 0) is 0 Å². The van der Waals surface area contributed by atoms with Gasteiger partial charge in [-0.05, 0) is 68.9 Å². The van der Waals surface area contributed by atoms with Gasteiger partial charge < -0.3 is 19.7 Å². The van der Waals surface area contributed by atoms with E-state index >= 15 is 4.39 Å². The lowest BCUT2D eigenvalue weighted by molar-refractivity contribution is 0.101. The number of likely N-dealkylation sites (N-methyl/N-ethyl adjacent to an activating group) is 1. The number of pyridine rings is 1. The van der Waals surface area contributed by atoms with Crippen LogP contribution in [0.3, 0.4) is 0 Å². The highest BCUT2D eigenvalue weighted by molar-refractivity contribution is 6.04. The fraction of sp³-hybridized carbons (Fsp3) is 0.207. The van der Waals surface area contributed by atoms with E-state index in [-0.39, 0.29) is 28.8 Å². The van der Waals surface area contributed by atoms with Crippen molar-refractivity contribution in [1.29, 1.82) is 0 Å². The normalized spacial score (nSPS) is 15.5. The predicted octanol–water partition coefficient (Wildman–Crippen LogP) is 4.30. The number of fused-ring (bicyclic) bond motifs is 1. The third kappa shape index (κ3) is 5.54. The second-order valence-electron chi connectivity index (χ2n) is 9.85. The first-order valence-corrected chi connectivity index (χ1v) is 13.2. The third-order valence-corrected chi connectivity index (χ3v) is 6.82. The van der Waals surface area contributed by atoms with Crippen molar-refractivity contribution in [2.24, 2.45) is 0 Å². The van der Waals surface area contributed by atoms with Crippen LogP contribution in [0.1, 0.15) is 23.2 Å². The van der Waals surface area contributed by atoms with Gasteiger partial charge in [-0.1, -0.05) is 0 Å². The predicted molar refractivity (Wildman–Crippen MR) is 149 cm³/mol. The van der Waals surface area contributed by atoms with Crippen molar-refractivity contribution in [2.45, 2.75) is 18.9 Å². The summed E-state index contributed by atoms with van der Waals surface area (Å²) in [5, 5.41) is 14.0. The summed E-state index contributed by atoms with van der Waals surface area (Å²) in [5.41, 5.74) is -0.138. The lowest BCUT2D eigenvalue weighted by Crippen LogP contribution is -2.38. The van der Waals surface area contributed by atoms with Crippen LogP contribution < -0.4 is 20.3 Å². The number of rotatable bonds is 7. The summed E-state index contributed by atoms with van der Waals surface area (Å²) >= 11 is 0. The number of hydrogen-bond acceptors (Lipinski definition) is 8. The SMILES string of the molecule is CN1CCCC(Oc2n[nH]c3nccc(Oc4ccc(NC(=O)c5ccnn(-c6ccc(F)cc6)c5=O)cc4F)c23)C1. The number of hydrogen-bond donors (Lipinski definition) is 2. The molecule has 0 radical (unpaired) electrons. The quantitative estimate of drug-likeness (QED) is 0.295. The Kier molecular flexibility index (Phi) is 7.32. The first kappa shape index (κ1) is 27.0. The number of aromatic amines is 1. The van der Waals surface area contributed by atoms with Crippen molar-refractivity contribution in [3.63, 3.8) is 0 Å². The molecule has 0 spiro atoms. The average Bonchev–Trinajstić information content (AvgIpc) is 3.38. The molecule has 0 aliphatic carbocycles. The zero-order chi connectivity index (χ0) is 29.2. The Bertz CT molecular complexity index is 1820. The summed E-state index contributed by atoms with van der Waals surface area (Å²) in [6, 6.07) is 11.8. The number of piperidine rings is 1. The summed E-state index contributed by atoms with van der Waals surface area (Å²) in [4.78, 5) is 32.2. The molecule has 0 bridgehead atoms. The molecule has 3 aromatic heterocycles. The number of nitrogens with one attached hydrogen (secondary N) is 2. The zero-order valence-corrected chi connectivity index (χ0v) is 22.4. The molecule has 1 unspecified atom stereocenters. The lowest BCUT2D eigenvalue weighted by Gasteiger charge is -2.29. The monoisotopic (exact) mass is 573 g/mol. The standard InChI is InChI=1S/C29H25F2N7O4/c1-37-14-2-3-20(16-37)41-28-25-24(11-12-32-26(25)35-36-28)42-23-9-6-18(15-22(23)31)34-27(39)21-10-13-33-38(29(21)40)19-7-4-17(30)5-8-19/h4-13,15,20H,2-3,14,16H2,1H3,(H,34,39)(H,32,35,36). The van der Waals surface area contributed by atoms with Gasteiger partial charge in [0.1, 0.15) is 28.6 Å². The highest BCUT2D eigenvalue weighted by Crippen LogP contribution is 2.36. The molecule has 214 valence electrons. The van der Waals surface area contributed by atoms with Crippen molar-refractivity contribution in [3.8, 4) is 23.1 Å². The maximum Gasteiger partial charge on any atom is 0.284 e. The van der Waals surface area contributed by atoms with E-state index in [1.807, 2.05) is 7.05 Å². The average molecular weight is 574 g/mol. The third-order valence-electron chi connectivity index (χ3n) is 6.82. The van der Waals surface area contributed by atoms with Crippen LogP contribution in [0.5, 0.6) is 17.4 Å². The molecule has 0 saturated carbocycles. The smallest absolute Gasteiger partial charge is 0.284 e. The first-order valence-electron chi connectivity index (χ1n) is 13.2. The topological polar surface area (TPSA) is 127 Å². The molecule has 2 aromatic carbocycles. The van der Waals surface area contributed by atoms with Crippen LogP contribution >= 0.6 is 0 Å². The van der Waals surface area contributed by atoms with Crippen molar-refractivity contribution < 1.29 is 23.0 Å². The number of H-pyrrole nitrogens is 1. The van der Waals surface area contributed by atoms with E-state index in [4.69, 9.17) is 9.47 Å². The van der Waals surface area contributed by atoms with Gasteiger partial charge >= 0.3 is 0 Å². The van der Waals surface area contributed by atoms with Crippen LogP contribution in [0, 0.1) is 11.6 Å². The largest absolute Gasteiger partial charge is 0.471 e. The molecular formula is C29H25F2N7O4. The number of carbonyl (C=O) groups is 1. The lowest BCUT2D eigenvalue weighted by atomic mass is 10.1. The van der Waals surface area contributed by atoms with Crippen LogP contribution in [0.4, 0.5) is 14.5 Å². The summed E-state index contributed by atoms with van der Waals surface area (Å²) in [5.74, 6) is -1.49. The molecule has 11 nitrogen and oxygen atoms in total. The maximum atomic E-state index is 15.2. The number of aromatic nitrogens is 5. The summed E-state index contributed by atoms with van der Waals surface area (Å²) in [6.45, 7) is 1.76. The Balaban J connectivity index is 1.20. The fourth-order valence-electron chi connectivity index (χ4n) is 4.77. The Labute approximate surface area is 237 Å². The molecule has 42 heavy (non-hydrogen) atoms. The number of anilines is 1. The van der Waals surface area contributed by atoms with E-state index < -0.39 is 23.1 Å². The summed E-state index contributed by atoms with van der Waals surface area (Å²) < 4.78 is 41.5. The maximum absolute atomic E-state index is 15.2. The number of carbonyl (C=O) groups excluding carboxylic acids is 1. The summed E-state index contributed by atoms with van der Waals surface area (Å²) in [7, 11) is 2.03. The van der Waals surface area contributed by atoms with Gasteiger partial charge in [0.2, 0.25) is 5.88 Å². The van der Waals surface area contributed by atoms with Gasteiger partial charge in [0.25, 0.3) is 11.5 Å². The van der Waals surface area contributed by atoms with E-state index in [0.29, 0.717) is 22.7 Å². The minimum atomic E-state index is -0.768. The van der Waals surface area contributed by atoms with Gasteiger partial charge in [-0.25, -0.2) is 13.8 Å². The number of likely N-dealkylation sites (tertiary alicyclic amines) is 1. The van der Waals surface area contributed by atoms with Gasteiger partial charge in [0.05, 0.1) is 5.69 Å². The highest BCUT2D eigenvalue weighted by atomic mass is 19.1. The summed E-state index contributed by atoms with van der Waals surface area (Å²) in [6.07, 6.45) is 4.62. The van der Waals surface area contributed by atoms with E-state index in [2.05, 4.69) is 30.5 Å². The van der Waals surface area contributed by atoms with Gasteiger partial charge in [0, 0.05) is 36.8 Å². The Morgan fingerprint density at radius 3 is 2.69 bits per heavy atom. The van der Waals surface area contributed by atoms with Gasteiger partial charge in [0.15, 0.2) is 17.2 Å². The molecule has 6 rings (SSSR count). The van der Waals surface area contributed by atoms with Gasteiger partial charge in [-0.15, -0.1) is 5.10 Å². The second-order valence-corrected chi connectivity index (χ2v) is 9.85. The van der Waals surface area contributed by atoms with E-state index in [9.17, 15) is 14.0 Å². The van der Waals surface area contributed by atoms with E-state index in [0.717, 1.165) is 36.7 Å². The molecule has 1 fully saturated rings. The first-order chi connectivity index (χ1) is 20.4. The Hall–Kier alpha value is -5.17. The van der Waals surface area contributed by atoms with Gasteiger partial charge in [-0.2, -0.15) is 9.78 Å². The molecule has 13 heteroatoms. The number of nitrogens with zero attached hydrogens (tertiary/aromatic N) is 5. The van der Waals surface area contributed by atoms with Crippen molar-refractivity contribution in [1.82, 2.24) is 29.9 Å². The number of amides is 1. The van der Waals surface area contributed by atoms with E-state index in [1.54, 1.807) is 6.07 Å². The second kappa shape index (κ2) is 11.4. The van der Waals surface area contributed by atoms with Crippen LogP contribution in [0.2, 0.25) is 0 Å². The minimum Gasteiger partial charge on any atom is -0.471 e. The minimum absolute atomic E-state index is 0.0526. The molecule has 1 saturated heterocycles. The number of benzene rings is 2. The molecule has 1 atom stereocenters. The van der Waals surface area contributed by atoms with Crippen molar-refractivity contribution in [2.75, 3.05) is 25.5 Å². The number of halogens is 2. The Morgan fingerprint density at radius 2 is 1.90 bits per heavy atom. The van der Waals surface area contributed by atoms with Crippen molar-refractivity contribution in [3.05, 3.63) is 94.5 Å².